The van der Waals surface area contributed by atoms with Crippen molar-refractivity contribution in [2.24, 2.45) is 0 Å². The van der Waals surface area contributed by atoms with Crippen LogP contribution in [-0.2, 0) is 4.74 Å². The highest BCUT2D eigenvalue weighted by atomic mass is 79.9. The summed E-state index contributed by atoms with van der Waals surface area (Å²) in [6.45, 7) is 0. The Labute approximate surface area is 62.3 Å². The predicted molar refractivity (Wildman–Crippen MR) is 36.6 cm³/mol. The molecule has 1 heterocycles. The second-order valence-corrected chi connectivity index (χ2v) is 3.94. The van der Waals surface area contributed by atoms with Crippen LogP contribution in [0, 0.1) is 0 Å². The van der Waals surface area contributed by atoms with E-state index >= 15 is 0 Å². The summed E-state index contributed by atoms with van der Waals surface area (Å²) in [6, 6.07) is 0. The van der Waals surface area contributed by atoms with E-state index < -0.39 is 0 Å². The number of hydrogen-bond donors (Lipinski definition) is 1. The van der Waals surface area contributed by atoms with Gasteiger partial charge in [0, 0.05) is 11.2 Å². The molecule has 3 heteroatoms. The summed E-state index contributed by atoms with van der Waals surface area (Å²) >= 11 is 3.39. The van der Waals surface area contributed by atoms with Crippen molar-refractivity contribution in [3.8, 4) is 0 Å². The summed E-state index contributed by atoms with van der Waals surface area (Å²) in [5.41, 5.74) is 0. The van der Waals surface area contributed by atoms with E-state index in [1.54, 1.807) is 0 Å². The van der Waals surface area contributed by atoms with Gasteiger partial charge in [0.2, 0.25) is 0 Å². The molecule has 0 aromatic carbocycles. The van der Waals surface area contributed by atoms with E-state index in [9.17, 15) is 5.11 Å². The lowest BCUT2D eigenvalue weighted by atomic mass is 9.98. The largest absolute Gasteiger partial charge is 0.392 e. The second kappa shape index (κ2) is 1.94. The van der Waals surface area contributed by atoms with Gasteiger partial charge in [-0.1, -0.05) is 15.9 Å². The van der Waals surface area contributed by atoms with Gasteiger partial charge in [-0.2, -0.15) is 0 Å². The second-order valence-electron chi connectivity index (χ2n) is 2.77. The van der Waals surface area contributed by atoms with Crippen LogP contribution in [0.4, 0.5) is 0 Å². The lowest BCUT2D eigenvalue weighted by Gasteiger charge is -2.18. The van der Waals surface area contributed by atoms with Gasteiger partial charge in [-0.3, -0.25) is 0 Å². The lowest BCUT2D eigenvalue weighted by Crippen LogP contribution is -2.28. The zero-order valence-electron chi connectivity index (χ0n) is 4.96. The number of aliphatic hydroxyl groups excluding tert-OH is 1. The van der Waals surface area contributed by atoms with Gasteiger partial charge in [0.05, 0.1) is 18.3 Å². The molecule has 1 saturated carbocycles. The molecule has 0 aromatic heterocycles. The van der Waals surface area contributed by atoms with Gasteiger partial charge in [0.25, 0.3) is 0 Å². The minimum Gasteiger partial charge on any atom is -0.392 e. The first-order valence-corrected chi connectivity index (χ1v) is 4.16. The Morgan fingerprint density at radius 1 is 1.33 bits per heavy atom. The van der Waals surface area contributed by atoms with Gasteiger partial charge >= 0.3 is 0 Å². The van der Waals surface area contributed by atoms with Crippen LogP contribution < -0.4 is 0 Å². The first-order valence-electron chi connectivity index (χ1n) is 3.25. The van der Waals surface area contributed by atoms with Gasteiger partial charge in [-0.15, -0.1) is 0 Å². The van der Waals surface area contributed by atoms with Crippen molar-refractivity contribution in [1.82, 2.24) is 0 Å². The van der Waals surface area contributed by atoms with Crippen LogP contribution in [0.5, 0.6) is 0 Å². The fourth-order valence-electron chi connectivity index (χ4n) is 1.36. The Balaban J connectivity index is 1.98. The van der Waals surface area contributed by atoms with Crippen LogP contribution in [0.1, 0.15) is 12.8 Å². The number of halogens is 1. The average Bonchev–Trinajstić information content (AvgIpc) is 2.46. The Hall–Kier alpha value is 0.400. The lowest BCUT2D eigenvalue weighted by molar-refractivity contribution is 0.147. The molecule has 52 valence electrons. The maximum atomic E-state index is 9.25. The van der Waals surface area contributed by atoms with Crippen molar-refractivity contribution < 1.29 is 9.84 Å². The SMILES string of the molecule is OC1CC2OC2CC1Br. The highest BCUT2D eigenvalue weighted by molar-refractivity contribution is 9.09. The molecule has 0 amide bonds. The van der Waals surface area contributed by atoms with Gasteiger partial charge in [-0.25, -0.2) is 0 Å². The van der Waals surface area contributed by atoms with Crippen molar-refractivity contribution in [3.63, 3.8) is 0 Å². The fourth-order valence-corrected chi connectivity index (χ4v) is 1.94. The van der Waals surface area contributed by atoms with E-state index in [1.165, 1.54) is 0 Å². The monoisotopic (exact) mass is 192 g/mol. The summed E-state index contributed by atoms with van der Waals surface area (Å²) < 4.78 is 5.23. The quantitative estimate of drug-likeness (QED) is 0.453. The van der Waals surface area contributed by atoms with Crippen molar-refractivity contribution in [2.45, 2.75) is 36.0 Å². The number of rotatable bonds is 0. The molecule has 1 aliphatic heterocycles. The van der Waals surface area contributed by atoms with Crippen LogP contribution in [-0.4, -0.2) is 28.2 Å². The maximum absolute atomic E-state index is 9.25. The molecule has 0 aromatic rings. The Morgan fingerprint density at radius 3 is 2.67 bits per heavy atom. The fraction of sp³-hybridized carbons (Fsp3) is 1.00. The van der Waals surface area contributed by atoms with Gasteiger partial charge in [-0.05, 0) is 6.42 Å². The zero-order valence-corrected chi connectivity index (χ0v) is 6.54. The Kier molecular flexibility index (Phi) is 1.32. The molecule has 0 spiro atoms. The summed E-state index contributed by atoms with van der Waals surface area (Å²) in [5.74, 6) is 0. The number of fused-ring (bicyclic) bond motifs is 1. The van der Waals surface area contributed by atoms with Crippen molar-refractivity contribution in [2.75, 3.05) is 0 Å². The molecule has 0 bridgehead atoms. The minimum absolute atomic E-state index is 0.186. The maximum Gasteiger partial charge on any atom is 0.0867 e. The molecule has 1 aliphatic carbocycles. The number of aliphatic hydroxyl groups is 1. The normalized spacial score (nSPS) is 56.7. The molecule has 4 unspecified atom stereocenters. The van der Waals surface area contributed by atoms with Crippen molar-refractivity contribution >= 4 is 15.9 Å². The van der Waals surface area contributed by atoms with Gasteiger partial charge in [0.1, 0.15) is 0 Å². The molecular weight excluding hydrogens is 184 g/mol. The average molecular weight is 193 g/mol. The van der Waals surface area contributed by atoms with Crippen LogP contribution in [0.25, 0.3) is 0 Å². The first kappa shape index (κ1) is 6.13. The number of ether oxygens (including phenoxy) is 1. The number of epoxide rings is 1. The highest BCUT2D eigenvalue weighted by Gasteiger charge is 2.47. The van der Waals surface area contributed by atoms with E-state index in [-0.39, 0.29) is 10.9 Å². The molecular formula is C6H9BrO2. The van der Waals surface area contributed by atoms with E-state index in [2.05, 4.69) is 15.9 Å². The molecule has 4 atom stereocenters. The predicted octanol–water partition coefficient (Wildman–Crippen LogP) is 0.672. The van der Waals surface area contributed by atoms with Crippen molar-refractivity contribution in [1.29, 1.82) is 0 Å². The standard InChI is InChI=1S/C6H9BrO2/c7-3-1-5-6(9-5)2-4(3)8/h3-6,8H,1-2H2. The van der Waals surface area contributed by atoms with E-state index in [0.717, 1.165) is 12.8 Å². The molecule has 2 aliphatic rings. The topological polar surface area (TPSA) is 32.8 Å². The van der Waals surface area contributed by atoms with E-state index in [0.29, 0.717) is 12.2 Å². The molecule has 1 N–H and O–H groups in total. The minimum atomic E-state index is -0.186. The van der Waals surface area contributed by atoms with Gasteiger partial charge in [0.15, 0.2) is 0 Å². The third-order valence-corrected chi connectivity index (χ3v) is 3.02. The van der Waals surface area contributed by atoms with E-state index in [1.807, 2.05) is 0 Å². The number of alkyl halides is 1. The third kappa shape index (κ3) is 1.02. The van der Waals surface area contributed by atoms with E-state index in [4.69, 9.17) is 4.74 Å². The molecule has 2 rings (SSSR count). The number of hydrogen-bond acceptors (Lipinski definition) is 2. The van der Waals surface area contributed by atoms with Crippen LogP contribution in [0.3, 0.4) is 0 Å². The van der Waals surface area contributed by atoms with Crippen LogP contribution in [0.2, 0.25) is 0 Å². The zero-order chi connectivity index (χ0) is 6.43. The summed E-state index contributed by atoms with van der Waals surface area (Å²) in [6.07, 6.45) is 2.45. The van der Waals surface area contributed by atoms with Crippen LogP contribution >= 0.6 is 15.9 Å². The van der Waals surface area contributed by atoms with Gasteiger partial charge < -0.3 is 9.84 Å². The molecule has 0 radical (unpaired) electrons. The Bertz CT molecular complexity index is 114. The first-order chi connectivity index (χ1) is 4.27. The summed E-state index contributed by atoms with van der Waals surface area (Å²) in [7, 11) is 0. The third-order valence-electron chi connectivity index (χ3n) is 2.04. The summed E-state index contributed by atoms with van der Waals surface area (Å²) in [4.78, 5) is 0.265. The summed E-state index contributed by atoms with van der Waals surface area (Å²) in [5, 5.41) is 9.25. The smallest absolute Gasteiger partial charge is 0.0867 e. The highest BCUT2D eigenvalue weighted by Crippen LogP contribution is 2.39. The Morgan fingerprint density at radius 2 is 2.00 bits per heavy atom. The molecule has 2 nitrogen and oxygen atoms in total. The molecule has 2 fully saturated rings. The molecule has 9 heavy (non-hydrogen) atoms. The van der Waals surface area contributed by atoms with Crippen LogP contribution in [0.15, 0.2) is 0 Å². The van der Waals surface area contributed by atoms with Crippen molar-refractivity contribution in [3.05, 3.63) is 0 Å². The molecule has 1 saturated heterocycles.